The molecule has 0 aliphatic heterocycles. The molecule has 0 saturated heterocycles. The van der Waals surface area contributed by atoms with E-state index in [-0.39, 0.29) is 6.42 Å². The van der Waals surface area contributed by atoms with Crippen LogP contribution in [0.5, 0.6) is 0 Å². The molecule has 1 atom stereocenters. The van der Waals surface area contributed by atoms with Crippen molar-refractivity contribution in [1.82, 2.24) is 0 Å². The number of hydrogen-bond donors (Lipinski definition) is 0. The SMILES string of the molecule is O=C=NCCCCCC(F)N=C=O. The molecule has 0 amide bonds. The predicted molar refractivity (Wildman–Crippen MR) is 44.5 cm³/mol. The van der Waals surface area contributed by atoms with Crippen LogP contribution in [0.15, 0.2) is 9.98 Å². The van der Waals surface area contributed by atoms with Gasteiger partial charge >= 0.3 is 0 Å². The van der Waals surface area contributed by atoms with Gasteiger partial charge in [0, 0.05) is 0 Å². The fraction of sp³-hybridized carbons (Fsp3) is 0.750. The van der Waals surface area contributed by atoms with E-state index in [1.54, 1.807) is 0 Å². The van der Waals surface area contributed by atoms with Crippen LogP contribution in [0.3, 0.4) is 0 Å². The second-order valence-electron chi connectivity index (χ2n) is 2.48. The highest BCUT2D eigenvalue weighted by molar-refractivity contribution is 5.33. The van der Waals surface area contributed by atoms with Gasteiger partial charge in [-0.1, -0.05) is 6.42 Å². The van der Waals surface area contributed by atoms with Crippen molar-refractivity contribution in [2.24, 2.45) is 9.98 Å². The first-order valence-electron chi connectivity index (χ1n) is 4.06. The van der Waals surface area contributed by atoms with Crippen molar-refractivity contribution in [2.45, 2.75) is 32.0 Å². The van der Waals surface area contributed by atoms with E-state index in [1.807, 2.05) is 0 Å². The average molecular weight is 186 g/mol. The molecular formula is C8H11FN2O2. The van der Waals surface area contributed by atoms with Gasteiger partial charge in [-0.2, -0.15) is 4.99 Å². The molecule has 0 aromatic heterocycles. The standard InChI is InChI=1S/C8H11FN2O2/c9-8(11-7-13)4-2-1-3-5-10-6-12/h8H,1-5H2. The van der Waals surface area contributed by atoms with Crippen LogP contribution in [0, 0.1) is 0 Å². The van der Waals surface area contributed by atoms with Crippen LogP contribution in [0.4, 0.5) is 4.39 Å². The van der Waals surface area contributed by atoms with E-state index in [4.69, 9.17) is 0 Å². The normalized spacial score (nSPS) is 11.2. The van der Waals surface area contributed by atoms with Gasteiger partial charge in [0.2, 0.25) is 18.5 Å². The topological polar surface area (TPSA) is 58.9 Å². The predicted octanol–water partition coefficient (Wildman–Crippen LogP) is 1.51. The van der Waals surface area contributed by atoms with Crippen LogP contribution < -0.4 is 0 Å². The van der Waals surface area contributed by atoms with E-state index in [1.165, 1.54) is 6.08 Å². The fourth-order valence-electron chi connectivity index (χ4n) is 0.848. The van der Waals surface area contributed by atoms with Gasteiger partial charge in [-0.3, -0.25) is 0 Å². The molecule has 0 radical (unpaired) electrons. The van der Waals surface area contributed by atoms with Gasteiger partial charge in [0.1, 0.15) is 0 Å². The molecule has 0 bridgehead atoms. The maximum absolute atomic E-state index is 12.5. The summed E-state index contributed by atoms with van der Waals surface area (Å²) in [4.78, 5) is 25.5. The van der Waals surface area contributed by atoms with Crippen molar-refractivity contribution in [3.8, 4) is 0 Å². The van der Waals surface area contributed by atoms with Crippen LogP contribution in [0.2, 0.25) is 0 Å². The molecule has 0 saturated carbocycles. The Labute approximate surface area is 75.6 Å². The number of carbonyl (C=O) groups excluding carboxylic acids is 2. The monoisotopic (exact) mass is 186 g/mol. The van der Waals surface area contributed by atoms with Gasteiger partial charge in [0.25, 0.3) is 0 Å². The highest BCUT2D eigenvalue weighted by Gasteiger charge is 2.01. The van der Waals surface area contributed by atoms with Gasteiger partial charge in [-0.05, 0) is 19.3 Å². The van der Waals surface area contributed by atoms with Crippen LogP contribution >= 0.6 is 0 Å². The van der Waals surface area contributed by atoms with E-state index >= 15 is 0 Å². The van der Waals surface area contributed by atoms with E-state index in [9.17, 15) is 14.0 Å². The molecule has 4 nitrogen and oxygen atoms in total. The molecule has 0 rings (SSSR count). The van der Waals surface area contributed by atoms with E-state index in [2.05, 4.69) is 9.98 Å². The molecule has 0 spiro atoms. The molecule has 13 heavy (non-hydrogen) atoms. The largest absolute Gasteiger partial charge is 0.237 e. The number of nitrogens with zero attached hydrogens (tertiary/aromatic N) is 2. The second-order valence-corrected chi connectivity index (χ2v) is 2.48. The first-order valence-corrected chi connectivity index (χ1v) is 4.06. The summed E-state index contributed by atoms with van der Waals surface area (Å²) >= 11 is 0. The third kappa shape index (κ3) is 8.60. The molecule has 0 aromatic carbocycles. The number of unbranched alkanes of at least 4 members (excludes halogenated alkanes) is 2. The Hall–Kier alpha value is -1.31. The lowest BCUT2D eigenvalue weighted by Gasteiger charge is -1.98. The van der Waals surface area contributed by atoms with Crippen molar-refractivity contribution in [1.29, 1.82) is 0 Å². The minimum atomic E-state index is -1.44. The number of halogens is 1. The first-order chi connectivity index (χ1) is 6.31. The molecule has 0 fully saturated rings. The van der Waals surface area contributed by atoms with Crippen LogP contribution in [-0.2, 0) is 9.59 Å². The zero-order valence-corrected chi connectivity index (χ0v) is 7.20. The van der Waals surface area contributed by atoms with Crippen LogP contribution in [0.25, 0.3) is 0 Å². The summed E-state index contributed by atoms with van der Waals surface area (Å²) in [5.41, 5.74) is 0. The van der Waals surface area contributed by atoms with Gasteiger partial charge in [0.05, 0.1) is 6.54 Å². The van der Waals surface area contributed by atoms with Crippen molar-refractivity contribution >= 4 is 12.2 Å². The fourth-order valence-corrected chi connectivity index (χ4v) is 0.848. The average Bonchev–Trinajstić information content (AvgIpc) is 2.11. The van der Waals surface area contributed by atoms with E-state index < -0.39 is 6.30 Å². The minimum absolute atomic E-state index is 0.222. The highest BCUT2D eigenvalue weighted by Crippen LogP contribution is 2.06. The van der Waals surface area contributed by atoms with Crippen molar-refractivity contribution in [3.63, 3.8) is 0 Å². The molecule has 1 unspecified atom stereocenters. The van der Waals surface area contributed by atoms with Gasteiger partial charge in [0.15, 0.2) is 0 Å². The summed E-state index contributed by atoms with van der Waals surface area (Å²) in [7, 11) is 0. The third-order valence-corrected chi connectivity index (χ3v) is 1.47. The molecule has 0 aromatic rings. The van der Waals surface area contributed by atoms with Crippen molar-refractivity contribution in [2.75, 3.05) is 6.54 Å². The van der Waals surface area contributed by atoms with Crippen molar-refractivity contribution < 1.29 is 14.0 Å². The lowest BCUT2D eigenvalue weighted by molar-refractivity contribution is 0.316. The Bertz CT molecular complexity index is 220. The Morgan fingerprint density at radius 1 is 1.15 bits per heavy atom. The molecule has 72 valence electrons. The quantitative estimate of drug-likeness (QED) is 0.262. The lowest BCUT2D eigenvalue weighted by Crippen LogP contribution is -1.94. The Morgan fingerprint density at radius 3 is 2.54 bits per heavy atom. The first kappa shape index (κ1) is 11.7. The highest BCUT2D eigenvalue weighted by atomic mass is 19.1. The van der Waals surface area contributed by atoms with Crippen molar-refractivity contribution in [3.05, 3.63) is 0 Å². The summed E-state index contributed by atoms with van der Waals surface area (Å²) in [6, 6.07) is 0. The summed E-state index contributed by atoms with van der Waals surface area (Å²) in [5, 5.41) is 0. The molecule has 0 N–H and O–H groups in total. The maximum Gasteiger partial charge on any atom is 0.237 e. The Balaban J connectivity index is 3.24. The molecule has 0 heterocycles. The summed E-state index contributed by atoms with van der Waals surface area (Å²) in [6.45, 7) is 0.428. The number of isocyanates is 2. The summed E-state index contributed by atoms with van der Waals surface area (Å²) in [6.07, 6.45) is 3.48. The number of alkyl halides is 1. The zero-order valence-electron chi connectivity index (χ0n) is 7.20. The molecule has 0 aliphatic rings. The minimum Gasteiger partial charge on any atom is -0.221 e. The molecular weight excluding hydrogens is 175 g/mol. The number of hydrogen-bond acceptors (Lipinski definition) is 4. The third-order valence-electron chi connectivity index (χ3n) is 1.47. The summed E-state index contributed by atoms with van der Waals surface area (Å²) in [5.74, 6) is 0. The lowest BCUT2D eigenvalue weighted by atomic mass is 10.2. The maximum atomic E-state index is 12.5. The van der Waals surface area contributed by atoms with Gasteiger partial charge in [-0.15, -0.1) is 0 Å². The van der Waals surface area contributed by atoms with E-state index in [0.29, 0.717) is 13.0 Å². The van der Waals surface area contributed by atoms with E-state index in [0.717, 1.165) is 18.9 Å². The molecule has 5 heteroatoms. The molecule has 0 aliphatic carbocycles. The van der Waals surface area contributed by atoms with Gasteiger partial charge in [-0.25, -0.2) is 19.0 Å². The number of aliphatic imine (C=N–C) groups is 2. The summed E-state index contributed by atoms with van der Waals surface area (Å²) < 4.78 is 12.5. The second kappa shape index (κ2) is 8.78. The van der Waals surface area contributed by atoms with Gasteiger partial charge < -0.3 is 0 Å². The Kier molecular flexibility index (Phi) is 7.90. The van der Waals surface area contributed by atoms with Crippen LogP contribution in [0.1, 0.15) is 25.7 Å². The smallest absolute Gasteiger partial charge is 0.221 e. The van der Waals surface area contributed by atoms with Crippen LogP contribution in [-0.4, -0.2) is 25.0 Å². The Morgan fingerprint density at radius 2 is 1.92 bits per heavy atom. The number of rotatable bonds is 7. The zero-order chi connectivity index (χ0) is 9.94.